The van der Waals surface area contributed by atoms with Gasteiger partial charge in [0.25, 0.3) is 0 Å². The highest BCUT2D eigenvalue weighted by atomic mass is 35.5. The van der Waals surface area contributed by atoms with Crippen LogP contribution in [0.25, 0.3) is 0 Å². The predicted molar refractivity (Wildman–Crippen MR) is 84.8 cm³/mol. The maximum Gasteiger partial charge on any atom is 0.163 e. The Bertz CT molecular complexity index is 567. The van der Waals surface area contributed by atoms with Gasteiger partial charge in [-0.1, -0.05) is 12.1 Å². The van der Waals surface area contributed by atoms with Gasteiger partial charge in [0, 0.05) is 24.0 Å². The minimum atomic E-state index is 0.0869. The molecule has 2 aromatic rings. The molecule has 1 aliphatic rings. The van der Waals surface area contributed by atoms with Gasteiger partial charge in [0.05, 0.1) is 17.6 Å². The van der Waals surface area contributed by atoms with E-state index in [1.807, 2.05) is 30.5 Å². The number of fused-ring (bicyclic) bond motifs is 1. The topological polar surface area (TPSA) is 25.4 Å². The molecule has 0 radical (unpaired) electrons. The third-order valence-corrected chi connectivity index (χ3v) is 4.47. The van der Waals surface area contributed by atoms with Crippen LogP contribution in [-0.2, 0) is 0 Å². The third-order valence-electron chi connectivity index (χ3n) is 3.02. The van der Waals surface area contributed by atoms with Crippen molar-refractivity contribution in [1.82, 2.24) is 4.98 Å². The second-order valence-corrected chi connectivity index (χ2v) is 5.94. The van der Waals surface area contributed by atoms with Crippen molar-refractivity contribution in [3.8, 4) is 5.75 Å². The molecule has 3 rings (SSSR count). The first-order valence-electron chi connectivity index (χ1n) is 6.57. The van der Waals surface area contributed by atoms with E-state index < -0.39 is 0 Å². The van der Waals surface area contributed by atoms with Gasteiger partial charge in [-0.15, -0.1) is 11.6 Å². The number of aromatic nitrogens is 1. The highest BCUT2D eigenvalue weighted by Crippen LogP contribution is 2.45. The second kappa shape index (κ2) is 6.37. The minimum Gasteiger partial charge on any atom is -0.476 e. The molecule has 0 saturated carbocycles. The number of benzene rings is 1. The molecule has 0 N–H and O–H groups in total. The number of halogens is 1. The van der Waals surface area contributed by atoms with Gasteiger partial charge in [-0.3, -0.25) is 9.29 Å². The molecule has 0 fully saturated rings. The Labute approximate surface area is 128 Å². The summed E-state index contributed by atoms with van der Waals surface area (Å²) in [4.78, 5) is 4.20. The highest BCUT2D eigenvalue weighted by Gasteiger charge is 2.27. The summed E-state index contributed by atoms with van der Waals surface area (Å²) in [6.07, 6.45) is 5.53. The van der Waals surface area contributed by atoms with Crippen LogP contribution >= 0.6 is 23.5 Å². The van der Waals surface area contributed by atoms with Crippen LogP contribution in [0.3, 0.4) is 0 Å². The van der Waals surface area contributed by atoms with Crippen LogP contribution in [0.4, 0.5) is 11.4 Å². The van der Waals surface area contributed by atoms with E-state index in [2.05, 4.69) is 21.4 Å². The molecule has 3 nitrogen and oxygen atoms in total. The van der Waals surface area contributed by atoms with Crippen molar-refractivity contribution in [1.29, 1.82) is 0 Å². The van der Waals surface area contributed by atoms with Crippen molar-refractivity contribution in [2.24, 2.45) is 0 Å². The lowest BCUT2D eigenvalue weighted by molar-refractivity contribution is 0.273. The molecule has 0 bridgehead atoms. The van der Waals surface area contributed by atoms with Crippen molar-refractivity contribution in [3.63, 3.8) is 0 Å². The largest absolute Gasteiger partial charge is 0.476 e. The Kier molecular flexibility index (Phi) is 4.33. The molecule has 1 atom stereocenters. The van der Waals surface area contributed by atoms with Crippen molar-refractivity contribution in [2.45, 2.75) is 18.3 Å². The molecule has 0 spiro atoms. The van der Waals surface area contributed by atoms with Gasteiger partial charge in [-0.2, -0.15) is 0 Å². The van der Waals surface area contributed by atoms with Crippen LogP contribution in [0.2, 0.25) is 0 Å². The molecule has 1 aliphatic heterocycles. The van der Waals surface area contributed by atoms with Gasteiger partial charge in [-0.25, -0.2) is 0 Å². The molecule has 0 amide bonds. The van der Waals surface area contributed by atoms with Crippen LogP contribution in [0, 0.1) is 0 Å². The third kappa shape index (κ3) is 2.86. The van der Waals surface area contributed by atoms with Crippen LogP contribution in [0.5, 0.6) is 5.75 Å². The molecular formula is C15H15ClN2OS. The number of hydrogen-bond donors (Lipinski definition) is 0. The summed E-state index contributed by atoms with van der Waals surface area (Å²) in [5.41, 5.74) is 2.21. The fourth-order valence-corrected chi connectivity index (χ4v) is 3.39. The van der Waals surface area contributed by atoms with E-state index in [0.29, 0.717) is 5.88 Å². The van der Waals surface area contributed by atoms with E-state index in [1.165, 1.54) is 0 Å². The van der Waals surface area contributed by atoms with Crippen molar-refractivity contribution < 1.29 is 4.74 Å². The molecule has 0 aliphatic carbocycles. The zero-order valence-electron chi connectivity index (χ0n) is 10.9. The highest BCUT2D eigenvalue weighted by molar-refractivity contribution is 8.01. The van der Waals surface area contributed by atoms with Crippen molar-refractivity contribution >= 4 is 34.9 Å². The molecule has 5 heteroatoms. The van der Waals surface area contributed by atoms with Gasteiger partial charge in [-0.05, 0) is 37.1 Å². The predicted octanol–water partition coefficient (Wildman–Crippen LogP) is 4.61. The molecule has 1 aromatic heterocycles. The summed E-state index contributed by atoms with van der Waals surface area (Å²) in [5.74, 6) is 1.57. The van der Waals surface area contributed by atoms with Gasteiger partial charge in [0.2, 0.25) is 0 Å². The quantitative estimate of drug-likeness (QED) is 0.608. The van der Waals surface area contributed by atoms with E-state index in [1.54, 1.807) is 18.1 Å². The Morgan fingerprint density at radius 2 is 2.15 bits per heavy atom. The number of para-hydroxylation sites is 2. The number of alkyl halides is 1. The van der Waals surface area contributed by atoms with Gasteiger partial charge >= 0.3 is 0 Å². The smallest absolute Gasteiger partial charge is 0.163 e. The Morgan fingerprint density at radius 1 is 1.25 bits per heavy atom. The lowest BCUT2D eigenvalue weighted by atomic mass is 10.2. The average molecular weight is 307 g/mol. The Balaban J connectivity index is 1.91. The number of hydrogen-bond acceptors (Lipinski definition) is 4. The molecule has 1 unspecified atom stereocenters. The lowest BCUT2D eigenvalue weighted by Crippen LogP contribution is -2.25. The average Bonchev–Trinajstić information content (AvgIpc) is 2.53. The zero-order chi connectivity index (χ0) is 13.8. The SMILES string of the molecule is ClCCCC1Oc2ccccc2N(c2cccnc2)S1. The van der Waals surface area contributed by atoms with E-state index in [9.17, 15) is 0 Å². The zero-order valence-corrected chi connectivity index (χ0v) is 12.5. The van der Waals surface area contributed by atoms with E-state index in [0.717, 1.165) is 30.0 Å². The summed E-state index contributed by atoms with van der Waals surface area (Å²) >= 11 is 7.47. The fourth-order valence-electron chi connectivity index (χ4n) is 2.09. The summed E-state index contributed by atoms with van der Waals surface area (Å²) in [7, 11) is 0. The summed E-state index contributed by atoms with van der Waals surface area (Å²) in [5, 5.41) is 0. The first-order chi connectivity index (χ1) is 9.88. The normalized spacial score (nSPS) is 17.4. The van der Waals surface area contributed by atoms with Crippen molar-refractivity contribution in [2.75, 3.05) is 10.2 Å². The van der Waals surface area contributed by atoms with Gasteiger partial charge in [0.15, 0.2) is 5.44 Å². The van der Waals surface area contributed by atoms with Crippen LogP contribution < -0.4 is 9.04 Å². The molecule has 20 heavy (non-hydrogen) atoms. The maximum atomic E-state index is 6.03. The van der Waals surface area contributed by atoms with Crippen LogP contribution in [0.15, 0.2) is 48.8 Å². The molecule has 104 valence electrons. The minimum absolute atomic E-state index is 0.0869. The number of rotatable bonds is 4. The van der Waals surface area contributed by atoms with Crippen molar-refractivity contribution in [3.05, 3.63) is 48.8 Å². The Morgan fingerprint density at radius 3 is 2.95 bits per heavy atom. The lowest BCUT2D eigenvalue weighted by Gasteiger charge is -2.34. The number of nitrogens with zero attached hydrogens (tertiary/aromatic N) is 2. The number of pyridine rings is 1. The maximum absolute atomic E-state index is 6.03. The molecule has 1 aromatic carbocycles. The summed E-state index contributed by atoms with van der Waals surface area (Å²) in [6.45, 7) is 0. The van der Waals surface area contributed by atoms with Gasteiger partial charge in [0.1, 0.15) is 5.75 Å². The van der Waals surface area contributed by atoms with E-state index in [-0.39, 0.29) is 5.44 Å². The van der Waals surface area contributed by atoms with Gasteiger partial charge < -0.3 is 4.74 Å². The monoisotopic (exact) mass is 306 g/mol. The van der Waals surface area contributed by atoms with E-state index >= 15 is 0 Å². The number of ether oxygens (including phenoxy) is 1. The molecule has 2 heterocycles. The second-order valence-electron chi connectivity index (χ2n) is 4.46. The Hall–Kier alpha value is -1.39. The molecular weight excluding hydrogens is 292 g/mol. The number of anilines is 2. The van der Waals surface area contributed by atoms with E-state index in [4.69, 9.17) is 16.3 Å². The first kappa shape index (κ1) is 13.6. The first-order valence-corrected chi connectivity index (χ1v) is 7.94. The summed E-state index contributed by atoms with van der Waals surface area (Å²) in [6, 6.07) is 12.1. The standard InChI is InChI=1S/C15H15ClN2OS/c16-9-3-8-15-19-14-7-2-1-6-13(14)18(20-15)12-5-4-10-17-11-12/h1-2,4-7,10-11,15H,3,8-9H2. The summed E-state index contributed by atoms with van der Waals surface area (Å²) < 4.78 is 8.21. The molecule has 0 saturated heterocycles. The van der Waals surface area contributed by atoms with Crippen LogP contribution in [-0.4, -0.2) is 16.3 Å². The fraction of sp³-hybridized carbons (Fsp3) is 0.267. The van der Waals surface area contributed by atoms with Crippen LogP contribution in [0.1, 0.15) is 12.8 Å².